The lowest BCUT2D eigenvalue weighted by Gasteiger charge is -2.33. The Balaban J connectivity index is 2.06. The number of alkyl halides is 1. The quantitative estimate of drug-likeness (QED) is 0.673. The molecule has 1 atom stereocenters. The van der Waals surface area contributed by atoms with E-state index in [4.69, 9.17) is 11.6 Å². The highest BCUT2D eigenvalue weighted by Crippen LogP contribution is 2.53. The highest BCUT2D eigenvalue weighted by molar-refractivity contribution is 6.21. The second-order valence-corrected chi connectivity index (χ2v) is 6.44. The number of hydrogen-bond acceptors (Lipinski definition) is 2. The van der Waals surface area contributed by atoms with Crippen LogP contribution in [0.2, 0.25) is 0 Å². The zero-order valence-electron chi connectivity index (χ0n) is 12.0. The highest BCUT2D eigenvalue weighted by atomic mass is 35.5. The molecule has 1 aliphatic carbocycles. The van der Waals surface area contributed by atoms with Crippen molar-refractivity contribution in [3.8, 4) is 0 Å². The number of nitrogens with one attached hydrogen (secondary N) is 2. The van der Waals surface area contributed by atoms with Crippen LogP contribution in [0.3, 0.4) is 0 Å². The normalized spacial score (nSPS) is 19.0. The zero-order chi connectivity index (χ0) is 15.0. The second kappa shape index (κ2) is 5.34. The summed E-state index contributed by atoms with van der Waals surface area (Å²) in [6, 6.07) is 5.65. The summed E-state index contributed by atoms with van der Waals surface area (Å²) in [7, 11) is 0. The molecule has 112 valence electrons. The molecule has 1 saturated carbocycles. The number of aromatic nitrogens is 2. The third-order valence-corrected chi connectivity index (χ3v) is 5.59. The fraction of sp³-hybridized carbons (Fsp3) is 0.500. The average Bonchev–Trinajstić information content (AvgIpc) is 2.97. The lowest BCUT2D eigenvalue weighted by molar-refractivity contribution is 0.271. The summed E-state index contributed by atoms with van der Waals surface area (Å²) >= 11 is 6.78. The fourth-order valence-electron chi connectivity index (χ4n) is 3.51. The minimum atomic E-state index is -0.628. The Labute approximate surface area is 127 Å². The monoisotopic (exact) mass is 306 g/mol. The van der Waals surface area contributed by atoms with Gasteiger partial charge in [0.25, 0.3) is 0 Å². The van der Waals surface area contributed by atoms with E-state index in [1.165, 1.54) is 12.8 Å². The Bertz CT molecular complexity index is 772. The van der Waals surface area contributed by atoms with Crippen LogP contribution in [0.1, 0.15) is 50.0 Å². The van der Waals surface area contributed by atoms with Gasteiger partial charge in [-0.25, -0.2) is 0 Å². The molecular weight excluding hydrogens is 288 g/mol. The van der Waals surface area contributed by atoms with Gasteiger partial charge in [0.2, 0.25) is 0 Å². The summed E-state index contributed by atoms with van der Waals surface area (Å²) in [6.07, 6.45) is 5.82. The Morgan fingerprint density at radius 3 is 2.38 bits per heavy atom. The smallest absolute Gasteiger partial charge is 0.314 e. The van der Waals surface area contributed by atoms with Crippen molar-refractivity contribution >= 4 is 22.6 Å². The van der Waals surface area contributed by atoms with Gasteiger partial charge in [-0.3, -0.25) is 9.59 Å². The first-order valence-electron chi connectivity index (χ1n) is 7.46. The van der Waals surface area contributed by atoms with Crippen molar-refractivity contribution in [3.05, 3.63) is 44.5 Å². The number of benzene rings is 1. The van der Waals surface area contributed by atoms with Crippen LogP contribution in [0.4, 0.5) is 0 Å². The van der Waals surface area contributed by atoms with Gasteiger partial charge < -0.3 is 9.97 Å². The summed E-state index contributed by atoms with van der Waals surface area (Å²) in [5.74, 6) is 0. The zero-order valence-corrected chi connectivity index (χ0v) is 12.8. The van der Waals surface area contributed by atoms with E-state index in [1.54, 1.807) is 0 Å². The van der Waals surface area contributed by atoms with Crippen molar-refractivity contribution in [1.82, 2.24) is 9.97 Å². The summed E-state index contributed by atoms with van der Waals surface area (Å²) in [6.45, 7) is 2.20. The molecule has 1 heterocycles. The number of hydrogen-bond donors (Lipinski definition) is 2. The maximum absolute atomic E-state index is 11.5. The maximum atomic E-state index is 11.5. The number of rotatable bonds is 3. The molecule has 0 bridgehead atoms. The summed E-state index contributed by atoms with van der Waals surface area (Å²) in [4.78, 5) is 28.0. The largest absolute Gasteiger partial charge is 0.316 e. The lowest BCUT2D eigenvalue weighted by atomic mass is 9.77. The third kappa shape index (κ3) is 2.42. The van der Waals surface area contributed by atoms with Crippen LogP contribution < -0.4 is 11.1 Å². The molecule has 2 aromatic rings. The van der Waals surface area contributed by atoms with Crippen LogP contribution in [0.15, 0.2) is 27.8 Å². The SMILES string of the molecule is CCC1(C(Cl)c2ccc3[nH]c(=O)c(=O)[nH]c3c2)CCCC1. The maximum Gasteiger partial charge on any atom is 0.314 e. The van der Waals surface area contributed by atoms with E-state index < -0.39 is 11.1 Å². The topological polar surface area (TPSA) is 65.7 Å². The van der Waals surface area contributed by atoms with Crippen LogP contribution in [-0.2, 0) is 0 Å². The van der Waals surface area contributed by atoms with Crippen molar-refractivity contribution in [2.24, 2.45) is 5.41 Å². The van der Waals surface area contributed by atoms with E-state index in [1.807, 2.05) is 18.2 Å². The van der Waals surface area contributed by atoms with E-state index in [-0.39, 0.29) is 10.8 Å². The Morgan fingerprint density at radius 1 is 1.14 bits per heavy atom. The van der Waals surface area contributed by atoms with Gasteiger partial charge in [0.15, 0.2) is 0 Å². The lowest BCUT2D eigenvalue weighted by Crippen LogP contribution is -2.29. The van der Waals surface area contributed by atoms with Crippen LogP contribution in [0, 0.1) is 5.41 Å². The van der Waals surface area contributed by atoms with Crippen LogP contribution in [0.5, 0.6) is 0 Å². The first-order valence-corrected chi connectivity index (χ1v) is 7.90. The van der Waals surface area contributed by atoms with Gasteiger partial charge in [0, 0.05) is 0 Å². The van der Waals surface area contributed by atoms with E-state index in [0.29, 0.717) is 11.0 Å². The van der Waals surface area contributed by atoms with Gasteiger partial charge in [0.1, 0.15) is 0 Å². The third-order valence-electron chi connectivity index (χ3n) is 4.88. The molecule has 3 rings (SSSR count). The summed E-state index contributed by atoms with van der Waals surface area (Å²) in [5.41, 5.74) is 1.17. The Hall–Kier alpha value is -1.55. The molecule has 5 heteroatoms. The van der Waals surface area contributed by atoms with Gasteiger partial charge in [-0.2, -0.15) is 0 Å². The Morgan fingerprint density at radius 2 is 1.76 bits per heavy atom. The molecule has 0 radical (unpaired) electrons. The van der Waals surface area contributed by atoms with Crippen molar-refractivity contribution in [3.63, 3.8) is 0 Å². The van der Waals surface area contributed by atoms with E-state index in [9.17, 15) is 9.59 Å². The van der Waals surface area contributed by atoms with Gasteiger partial charge >= 0.3 is 11.1 Å². The van der Waals surface area contributed by atoms with Crippen LogP contribution >= 0.6 is 11.6 Å². The first-order chi connectivity index (χ1) is 10.1. The minimum absolute atomic E-state index is 0.0650. The molecule has 0 aliphatic heterocycles. The molecule has 4 nitrogen and oxygen atoms in total. The summed E-state index contributed by atoms with van der Waals surface area (Å²) < 4.78 is 0. The van der Waals surface area contributed by atoms with Crippen molar-refractivity contribution < 1.29 is 0 Å². The van der Waals surface area contributed by atoms with Gasteiger partial charge in [-0.05, 0) is 42.4 Å². The first kappa shape index (κ1) is 14.4. The number of halogens is 1. The summed E-state index contributed by atoms with van der Waals surface area (Å²) in [5, 5.41) is -0.0650. The van der Waals surface area contributed by atoms with Gasteiger partial charge in [0.05, 0.1) is 16.4 Å². The standard InChI is InChI=1S/C16H19ClN2O2/c1-2-16(7-3-4-8-16)13(17)10-5-6-11-12(9-10)19-15(21)14(20)18-11/h5-6,9,13H,2-4,7-8H2,1H3,(H,18,20)(H,19,21). The van der Waals surface area contributed by atoms with Gasteiger partial charge in [-0.15, -0.1) is 11.6 Å². The van der Waals surface area contributed by atoms with Crippen molar-refractivity contribution in [2.75, 3.05) is 0 Å². The molecule has 21 heavy (non-hydrogen) atoms. The van der Waals surface area contributed by atoms with Crippen LogP contribution in [0.25, 0.3) is 11.0 Å². The number of aromatic amines is 2. The second-order valence-electron chi connectivity index (χ2n) is 6.00. The molecule has 0 spiro atoms. The number of H-pyrrole nitrogens is 2. The van der Waals surface area contributed by atoms with Crippen molar-refractivity contribution in [2.45, 2.75) is 44.4 Å². The van der Waals surface area contributed by atoms with Gasteiger partial charge in [-0.1, -0.05) is 25.8 Å². The predicted octanol–water partition coefficient (Wildman–Crippen LogP) is 3.47. The number of fused-ring (bicyclic) bond motifs is 1. The molecule has 1 aromatic carbocycles. The fourth-order valence-corrected chi connectivity index (χ4v) is 4.02. The van der Waals surface area contributed by atoms with Crippen molar-refractivity contribution in [1.29, 1.82) is 0 Å². The van der Waals surface area contributed by atoms with E-state index >= 15 is 0 Å². The predicted molar refractivity (Wildman–Crippen MR) is 85.0 cm³/mol. The molecule has 1 unspecified atom stereocenters. The molecule has 1 fully saturated rings. The molecule has 1 aromatic heterocycles. The van der Waals surface area contributed by atoms with E-state index in [0.717, 1.165) is 24.8 Å². The highest BCUT2D eigenvalue weighted by Gasteiger charge is 2.39. The molecule has 1 aliphatic rings. The van der Waals surface area contributed by atoms with E-state index in [2.05, 4.69) is 16.9 Å². The molecule has 0 amide bonds. The molecule has 2 N–H and O–H groups in total. The van der Waals surface area contributed by atoms with Crippen LogP contribution in [-0.4, -0.2) is 9.97 Å². The average molecular weight is 307 g/mol. The molecule has 0 saturated heterocycles. The molecular formula is C16H19ClN2O2. The Kier molecular flexibility index (Phi) is 3.66. The minimum Gasteiger partial charge on any atom is -0.316 e.